The summed E-state index contributed by atoms with van der Waals surface area (Å²) in [7, 11) is 3.10. The zero-order chi connectivity index (χ0) is 15.9. The lowest BCUT2D eigenvalue weighted by Crippen LogP contribution is -2.44. The van der Waals surface area contributed by atoms with Gasteiger partial charge in [-0.25, -0.2) is 9.78 Å². The number of carboxylic acids is 1. The maximum atomic E-state index is 11.6. The van der Waals surface area contributed by atoms with Gasteiger partial charge in [0.25, 0.3) is 0 Å². The molecule has 22 heavy (non-hydrogen) atoms. The Morgan fingerprint density at radius 1 is 1.32 bits per heavy atom. The fourth-order valence-electron chi connectivity index (χ4n) is 2.14. The first kappa shape index (κ1) is 16.8. The molecular weight excluding hydrogens is 324 g/mol. The third-order valence-corrected chi connectivity index (χ3v) is 5.53. The van der Waals surface area contributed by atoms with Gasteiger partial charge in [0.15, 0.2) is 0 Å². The molecule has 1 aromatic rings. The van der Waals surface area contributed by atoms with Crippen molar-refractivity contribution >= 4 is 39.4 Å². The smallest absolute Gasteiger partial charge is 0.326 e. The highest BCUT2D eigenvalue weighted by molar-refractivity contribution is 8.76. The number of carbonyl (C=O) groups is 3. The molecule has 0 radical (unpaired) electrons. The Morgan fingerprint density at radius 3 is 2.64 bits per heavy atom. The molecule has 0 bridgehead atoms. The van der Waals surface area contributed by atoms with Crippen molar-refractivity contribution in [1.82, 2.24) is 9.88 Å². The van der Waals surface area contributed by atoms with Gasteiger partial charge in [0.05, 0.1) is 0 Å². The van der Waals surface area contributed by atoms with Crippen molar-refractivity contribution in [2.24, 2.45) is 0 Å². The number of hydrogen-bond acceptors (Lipinski definition) is 6. The lowest BCUT2D eigenvalue weighted by atomic mass is 10.1. The second kappa shape index (κ2) is 8.19. The fourth-order valence-corrected chi connectivity index (χ4v) is 4.13. The van der Waals surface area contributed by atoms with Crippen LogP contribution in [-0.4, -0.2) is 44.6 Å². The minimum Gasteiger partial charge on any atom is -0.480 e. The average Bonchev–Trinajstić information content (AvgIpc) is 2.83. The van der Waals surface area contributed by atoms with Crippen LogP contribution in [0.4, 0.5) is 0 Å². The Balaban J connectivity index is 1.77. The van der Waals surface area contributed by atoms with Crippen molar-refractivity contribution in [3.05, 3.63) is 24.4 Å². The van der Waals surface area contributed by atoms with Crippen molar-refractivity contribution in [3.63, 3.8) is 0 Å². The third kappa shape index (κ3) is 4.48. The Bertz CT molecular complexity index is 537. The molecule has 8 heteroatoms. The quantitative estimate of drug-likeness (QED) is 0.441. The van der Waals surface area contributed by atoms with E-state index in [1.54, 1.807) is 17.0 Å². The number of imide groups is 1. The summed E-state index contributed by atoms with van der Waals surface area (Å²) >= 11 is 0. The first-order valence-corrected chi connectivity index (χ1v) is 9.19. The molecule has 0 saturated carbocycles. The van der Waals surface area contributed by atoms with E-state index in [-0.39, 0.29) is 31.1 Å². The van der Waals surface area contributed by atoms with Crippen molar-refractivity contribution in [3.8, 4) is 0 Å². The van der Waals surface area contributed by atoms with Gasteiger partial charge in [0, 0.05) is 24.8 Å². The van der Waals surface area contributed by atoms with Crippen LogP contribution in [0.25, 0.3) is 0 Å². The Labute approximate surface area is 136 Å². The average molecular weight is 340 g/mol. The molecule has 1 fully saturated rings. The van der Waals surface area contributed by atoms with Gasteiger partial charge in [0.2, 0.25) is 11.8 Å². The zero-order valence-electron chi connectivity index (χ0n) is 11.8. The summed E-state index contributed by atoms with van der Waals surface area (Å²) < 4.78 is 0. The van der Waals surface area contributed by atoms with E-state index in [9.17, 15) is 19.5 Å². The van der Waals surface area contributed by atoms with Gasteiger partial charge in [0.1, 0.15) is 11.1 Å². The number of pyridine rings is 1. The largest absolute Gasteiger partial charge is 0.480 e. The number of amides is 2. The number of carbonyl (C=O) groups excluding carboxylic acids is 2. The summed E-state index contributed by atoms with van der Waals surface area (Å²) in [4.78, 5) is 39.6. The van der Waals surface area contributed by atoms with Crippen LogP contribution in [0, 0.1) is 0 Å². The number of nitrogens with zero attached hydrogens (tertiary/aromatic N) is 2. The molecule has 118 valence electrons. The number of rotatable bonds is 8. The highest BCUT2D eigenvalue weighted by atomic mass is 33.1. The van der Waals surface area contributed by atoms with Crippen molar-refractivity contribution in [2.75, 3.05) is 5.75 Å². The summed E-state index contributed by atoms with van der Waals surface area (Å²) in [6.07, 6.45) is 2.84. The van der Waals surface area contributed by atoms with Crippen LogP contribution >= 0.6 is 21.6 Å². The Kier molecular flexibility index (Phi) is 6.26. The number of carboxylic acid groups (broad SMARTS) is 1. The first-order valence-electron chi connectivity index (χ1n) is 6.88. The highest BCUT2D eigenvalue weighted by Gasteiger charge is 2.38. The third-order valence-electron chi connectivity index (χ3n) is 3.17. The summed E-state index contributed by atoms with van der Waals surface area (Å²) in [6, 6.07) is 4.61. The molecule has 0 aromatic carbocycles. The van der Waals surface area contributed by atoms with E-state index in [1.807, 2.05) is 18.2 Å². The predicted molar refractivity (Wildman–Crippen MR) is 84.3 cm³/mol. The van der Waals surface area contributed by atoms with Gasteiger partial charge in [-0.15, -0.1) is 0 Å². The van der Waals surface area contributed by atoms with Crippen LogP contribution in [0.2, 0.25) is 0 Å². The van der Waals surface area contributed by atoms with Crippen LogP contribution in [0.3, 0.4) is 0 Å². The molecule has 2 heterocycles. The zero-order valence-corrected chi connectivity index (χ0v) is 13.4. The van der Waals surface area contributed by atoms with Gasteiger partial charge >= 0.3 is 5.97 Å². The summed E-state index contributed by atoms with van der Waals surface area (Å²) in [5, 5.41) is 10.1. The monoisotopic (exact) mass is 340 g/mol. The molecule has 1 aliphatic heterocycles. The van der Waals surface area contributed by atoms with E-state index in [2.05, 4.69) is 4.98 Å². The molecule has 0 aliphatic carbocycles. The van der Waals surface area contributed by atoms with Crippen molar-refractivity contribution < 1.29 is 19.5 Å². The minimum atomic E-state index is -1.12. The molecule has 1 N–H and O–H groups in total. The van der Waals surface area contributed by atoms with E-state index in [1.165, 1.54) is 10.8 Å². The second-order valence-electron chi connectivity index (χ2n) is 4.73. The van der Waals surface area contributed by atoms with Crippen molar-refractivity contribution in [1.29, 1.82) is 0 Å². The highest BCUT2D eigenvalue weighted by Crippen LogP contribution is 2.30. The van der Waals surface area contributed by atoms with E-state index < -0.39 is 12.0 Å². The fraction of sp³-hybridized carbons (Fsp3) is 0.429. The normalized spacial score (nSPS) is 16.1. The van der Waals surface area contributed by atoms with Crippen LogP contribution < -0.4 is 0 Å². The summed E-state index contributed by atoms with van der Waals surface area (Å²) in [5.74, 6) is -1.16. The number of likely N-dealkylation sites (tertiary alicyclic amines) is 1. The number of aliphatic carboxylic acids is 1. The van der Waals surface area contributed by atoms with Crippen LogP contribution in [0.1, 0.15) is 25.7 Å². The SMILES string of the molecule is O=C(O)C(CCCSSc1ccccn1)N1C(=O)CCC1=O. The second-order valence-corrected chi connectivity index (χ2v) is 7.16. The molecule has 2 rings (SSSR count). The molecule has 2 amide bonds. The standard InChI is InChI=1S/C14H16N2O4S2/c17-12-6-7-13(18)16(12)10(14(19)20)4-3-9-21-22-11-5-1-2-8-15-11/h1-2,5,8,10H,3-4,6-7,9H2,(H,19,20). The summed E-state index contributed by atoms with van der Waals surface area (Å²) in [6.45, 7) is 0. The lowest BCUT2D eigenvalue weighted by molar-refractivity contribution is -0.154. The molecule has 1 atom stereocenters. The maximum Gasteiger partial charge on any atom is 0.326 e. The van der Waals surface area contributed by atoms with Crippen LogP contribution in [0.5, 0.6) is 0 Å². The van der Waals surface area contributed by atoms with Crippen LogP contribution in [-0.2, 0) is 14.4 Å². The molecular formula is C14H16N2O4S2. The molecule has 1 aromatic heterocycles. The van der Waals surface area contributed by atoms with Crippen molar-refractivity contribution in [2.45, 2.75) is 36.8 Å². The van der Waals surface area contributed by atoms with Gasteiger partial charge in [-0.2, -0.15) is 0 Å². The number of hydrogen-bond donors (Lipinski definition) is 1. The van der Waals surface area contributed by atoms with E-state index in [0.717, 1.165) is 15.7 Å². The van der Waals surface area contributed by atoms with Gasteiger partial charge in [-0.05, 0) is 35.8 Å². The maximum absolute atomic E-state index is 11.6. The first-order chi connectivity index (χ1) is 10.6. The van der Waals surface area contributed by atoms with Crippen LogP contribution in [0.15, 0.2) is 29.4 Å². The number of aromatic nitrogens is 1. The van der Waals surface area contributed by atoms with Gasteiger partial charge in [-0.3, -0.25) is 14.5 Å². The Hall–Kier alpha value is -1.54. The predicted octanol–water partition coefficient (Wildman–Crippen LogP) is 2.20. The van der Waals surface area contributed by atoms with E-state index >= 15 is 0 Å². The van der Waals surface area contributed by atoms with Gasteiger partial charge < -0.3 is 5.11 Å². The molecule has 1 unspecified atom stereocenters. The van der Waals surface area contributed by atoms with E-state index in [4.69, 9.17) is 0 Å². The molecule has 1 aliphatic rings. The molecule has 6 nitrogen and oxygen atoms in total. The topological polar surface area (TPSA) is 87.6 Å². The Morgan fingerprint density at radius 2 is 2.05 bits per heavy atom. The minimum absolute atomic E-state index is 0.118. The lowest BCUT2D eigenvalue weighted by Gasteiger charge is -2.22. The van der Waals surface area contributed by atoms with E-state index in [0.29, 0.717) is 6.42 Å². The summed E-state index contributed by atoms with van der Waals surface area (Å²) in [5.41, 5.74) is 0. The molecule has 1 saturated heterocycles. The molecule has 0 spiro atoms. The van der Waals surface area contributed by atoms with Gasteiger partial charge in [-0.1, -0.05) is 16.9 Å².